The van der Waals surface area contributed by atoms with Crippen molar-refractivity contribution in [3.63, 3.8) is 0 Å². The minimum Gasteiger partial charge on any atom is -0.382 e. The van der Waals surface area contributed by atoms with E-state index >= 15 is 0 Å². The second kappa shape index (κ2) is 8.90. The van der Waals surface area contributed by atoms with Gasteiger partial charge in [-0.15, -0.1) is 12.4 Å². The third kappa shape index (κ3) is 5.25. The van der Waals surface area contributed by atoms with Crippen LogP contribution < -0.4 is 22.5 Å². The molecule has 128 valence electrons. The molecule has 0 saturated carbocycles. The van der Waals surface area contributed by atoms with Gasteiger partial charge >= 0.3 is 5.91 Å². The average Bonchev–Trinajstić information content (AvgIpc) is 2.50. The number of halogens is 2. The summed E-state index contributed by atoms with van der Waals surface area (Å²) in [5, 5.41) is 3.04. The highest BCUT2D eigenvalue weighted by Gasteiger charge is 2.16. The monoisotopic (exact) mass is 369 g/mol. The Hall–Kier alpha value is -2.58. The summed E-state index contributed by atoms with van der Waals surface area (Å²) in [6.45, 7) is 0.582. The Morgan fingerprint density at radius 2 is 1.88 bits per heavy atom. The van der Waals surface area contributed by atoms with Crippen LogP contribution >= 0.6 is 24.0 Å². The largest absolute Gasteiger partial charge is 0.382 e. The smallest absolute Gasteiger partial charge is 0.302 e. The van der Waals surface area contributed by atoms with Crippen LogP contribution in [0.5, 0.6) is 0 Å². The third-order valence-electron chi connectivity index (χ3n) is 2.86. The van der Waals surface area contributed by atoms with E-state index in [0.29, 0.717) is 12.4 Å². The fourth-order valence-electron chi connectivity index (χ4n) is 1.84. The number of nitrogens with one attached hydrogen (secondary N) is 1. The SMILES string of the molecule is Cl.NC(N)=NC(=O)c1nc(Cl)c(NCCc2ccccc2)nc1N. The number of amides is 1. The molecular formula is C14H17Cl2N7O. The zero-order chi connectivity index (χ0) is 16.8. The first-order valence-corrected chi connectivity index (χ1v) is 7.10. The van der Waals surface area contributed by atoms with Gasteiger partial charge in [-0.1, -0.05) is 41.9 Å². The lowest BCUT2D eigenvalue weighted by Crippen LogP contribution is -2.25. The van der Waals surface area contributed by atoms with E-state index < -0.39 is 11.9 Å². The number of benzene rings is 1. The summed E-state index contributed by atoms with van der Waals surface area (Å²) >= 11 is 6.01. The molecule has 0 aliphatic carbocycles. The number of rotatable bonds is 5. The van der Waals surface area contributed by atoms with Crippen LogP contribution in [0.25, 0.3) is 0 Å². The lowest BCUT2D eigenvalue weighted by Gasteiger charge is -2.09. The van der Waals surface area contributed by atoms with Gasteiger partial charge in [-0.05, 0) is 12.0 Å². The Balaban J connectivity index is 0.00000288. The number of anilines is 2. The minimum atomic E-state index is -0.798. The number of carbonyl (C=O) groups is 1. The number of nitrogens with zero attached hydrogens (tertiary/aromatic N) is 3. The Kier molecular flexibility index (Phi) is 7.22. The summed E-state index contributed by atoms with van der Waals surface area (Å²) in [5.41, 5.74) is 17.0. The van der Waals surface area contributed by atoms with E-state index in [4.69, 9.17) is 28.8 Å². The van der Waals surface area contributed by atoms with E-state index in [1.165, 1.54) is 0 Å². The number of nitrogens with two attached hydrogens (primary N) is 3. The van der Waals surface area contributed by atoms with Gasteiger partial charge in [0.05, 0.1) is 0 Å². The van der Waals surface area contributed by atoms with Crippen molar-refractivity contribution in [1.29, 1.82) is 0 Å². The van der Waals surface area contributed by atoms with Crippen LogP contribution in [0.15, 0.2) is 35.3 Å². The Bertz CT molecular complexity index is 733. The van der Waals surface area contributed by atoms with Crippen molar-refractivity contribution in [3.05, 3.63) is 46.7 Å². The van der Waals surface area contributed by atoms with Gasteiger partial charge in [-0.3, -0.25) is 4.79 Å². The van der Waals surface area contributed by atoms with E-state index in [9.17, 15) is 4.79 Å². The van der Waals surface area contributed by atoms with Crippen LogP contribution in [0, 0.1) is 0 Å². The number of hydrogen-bond acceptors (Lipinski definition) is 5. The maximum Gasteiger partial charge on any atom is 0.302 e. The average molecular weight is 370 g/mol. The van der Waals surface area contributed by atoms with E-state index in [1.807, 2.05) is 30.3 Å². The summed E-state index contributed by atoms with van der Waals surface area (Å²) in [4.78, 5) is 23.0. The van der Waals surface area contributed by atoms with E-state index in [-0.39, 0.29) is 29.1 Å². The molecule has 0 aliphatic heterocycles. The van der Waals surface area contributed by atoms with Crippen LogP contribution in [0.2, 0.25) is 5.15 Å². The highest BCUT2D eigenvalue weighted by Crippen LogP contribution is 2.21. The molecule has 0 saturated heterocycles. The van der Waals surface area contributed by atoms with Gasteiger partial charge < -0.3 is 22.5 Å². The number of hydrogen-bond donors (Lipinski definition) is 4. The van der Waals surface area contributed by atoms with Crippen molar-refractivity contribution in [1.82, 2.24) is 9.97 Å². The fourth-order valence-corrected chi connectivity index (χ4v) is 2.03. The molecule has 8 nitrogen and oxygen atoms in total. The number of carbonyl (C=O) groups excluding carboxylic acids is 1. The maximum atomic E-state index is 11.7. The van der Waals surface area contributed by atoms with Gasteiger partial charge in [0.1, 0.15) is 0 Å². The molecule has 1 aromatic carbocycles. The fraction of sp³-hybridized carbons (Fsp3) is 0.143. The zero-order valence-corrected chi connectivity index (χ0v) is 14.1. The molecule has 10 heteroatoms. The first-order valence-electron chi connectivity index (χ1n) is 6.72. The second-order valence-electron chi connectivity index (χ2n) is 4.60. The van der Waals surface area contributed by atoms with Gasteiger partial charge in [0, 0.05) is 6.54 Å². The number of nitrogen functional groups attached to an aromatic ring is 1. The molecule has 0 atom stereocenters. The van der Waals surface area contributed by atoms with E-state index in [2.05, 4.69) is 20.3 Å². The maximum absolute atomic E-state index is 11.7. The van der Waals surface area contributed by atoms with Gasteiger partial charge in [0.15, 0.2) is 28.4 Å². The van der Waals surface area contributed by atoms with Crippen LogP contribution in [-0.4, -0.2) is 28.4 Å². The van der Waals surface area contributed by atoms with Gasteiger partial charge in [-0.25, -0.2) is 9.97 Å². The summed E-state index contributed by atoms with van der Waals surface area (Å²) in [6.07, 6.45) is 0.771. The summed E-state index contributed by atoms with van der Waals surface area (Å²) < 4.78 is 0. The van der Waals surface area contributed by atoms with Crippen LogP contribution in [0.3, 0.4) is 0 Å². The van der Waals surface area contributed by atoms with Gasteiger partial charge in [-0.2, -0.15) is 4.99 Å². The Morgan fingerprint density at radius 1 is 1.21 bits per heavy atom. The number of guanidine groups is 1. The minimum absolute atomic E-state index is 0. The molecular weight excluding hydrogens is 353 g/mol. The van der Waals surface area contributed by atoms with Crippen molar-refractivity contribution in [2.45, 2.75) is 6.42 Å². The third-order valence-corrected chi connectivity index (χ3v) is 3.13. The molecule has 0 spiro atoms. The quantitative estimate of drug-likeness (QED) is 0.457. The first-order chi connectivity index (χ1) is 11.0. The Labute approximate surface area is 149 Å². The predicted octanol–water partition coefficient (Wildman–Crippen LogP) is 1.20. The lowest BCUT2D eigenvalue weighted by atomic mass is 10.1. The highest BCUT2D eigenvalue weighted by molar-refractivity contribution is 6.32. The molecule has 24 heavy (non-hydrogen) atoms. The molecule has 0 bridgehead atoms. The highest BCUT2D eigenvalue weighted by atomic mass is 35.5. The molecule has 1 aromatic heterocycles. The molecule has 0 radical (unpaired) electrons. The van der Waals surface area contributed by atoms with Crippen LogP contribution in [-0.2, 0) is 6.42 Å². The van der Waals surface area contributed by atoms with Crippen molar-refractivity contribution in [2.75, 3.05) is 17.6 Å². The second-order valence-corrected chi connectivity index (χ2v) is 4.96. The number of aromatic nitrogens is 2. The van der Waals surface area contributed by atoms with Crippen LogP contribution in [0.4, 0.5) is 11.6 Å². The summed E-state index contributed by atoms with van der Waals surface area (Å²) in [6, 6.07) is 9.90. The molecule has 2 rings (SSSR count). The van der Waals surface area contributed by atoms with Gasteiger partial charge in [0.25, 0.3) is 0 Å². The lowest BCUT2D eigenvalue weighted by molar-refractivity contribution is 0.0998. The summed E-state index contributed by atoms with van der Waals surface area (Å²) in [5.74, 6) is -1.00. The zero-order valence-electron chi connectivity index (χ0n) is 12.6. The van der Waals surface area contributed by atoms with Crippen LogP contribution in [0.1, 0.15) is 16.1 Å². The molecule has 2 aromatic rings. The van der Waals surface area contributed by atoms with Crippen molar-refractivity contribution in [3.8, 4) is 0 Å². The van der Waals surface area contributed by atoms with E-state index in [1.54, 1.807) is 0 Å². The molecule has 1 heterocycles. The first kappa shape index (κ1) is 19.5. The van der Waals surface area contributed by atoms with Crippen molar-refractivity contribution in [2.24, 2.45) is 16.5 Å². The molecule has 0 fully saturated rings. The molecule has 0 aliphatic rings. The molecule has 1 amide bonds. The van der Waals surface area contributed by atoms with Gasteiger partial charge in [0.2, 0.25) is 0 Å². The van der Waals surface area contributed by atoms with E-state index in [0.717, 1.165) is 12.0 Å². The number of aliphatic imine (C=N–C) groups is 1. The standard InChI is InChI=1S/C14H16ClN7O.ClH/c15-10-12(19-7-6-8-4-2-1-3-5-8)21-11(16)9(20-10)13(23)22-14(17)18;/h1-5H,6-7H2,(H3,16,19,21)(H4,17,18,22,23);1H. The molecule has 7 N–H and O–H groups in total. The topological polar surface area (TPSA) is 145 Å². The van der Waals surface area contributed by atoms with Crippen molar-refractivity contribution >= 4 is 47.5 Å². The normalized spacial score (nSPS) is 9.71. The predicted molar refractivity (Wildman–Crippen MR) is 97.5 cm³/mol. The Morgan fingerprint density at radius 3 is 2.50 bits per heavy atom. The molecule has 0 unspecified atom stereocenters. The summed E-state index contributed by atoms with van der Waals surface area (Å²) in [7, 11) is 0. The van der Waals surface area contributed by atoms with Crippen molar-refractivity contribution < 1.29 is 4.79 Å².